The van der Waals surface area contributed by atoms with Gasteiger partial charge in [0.2, 0.25) is 0 Å². The number of hydrogen-bond acceptors (Lipinski definition) is 4. The molecule has 0 bridgehead atoms. The molecule has 1 rings (SSSR count). The van der Waals surface area contributed by atoms with Gasteiger partial charge in [-0.3, -0.25) is 9.05 Å². The molecule has 4 nitrogen and oxygen atoms in total. The Kier molecular flexibility index (Phi) is 10.3. The lowest BCUT2D eigenvalue weighted by molar-refractivity contribution is 0.131. The second kappa shape index (κ2) is 11.7. The lowest BCUT2D eigenvalue weighted by Gasteiger charge is -2.21. The van der Waals surface area contributed by atoms with Crippen LogP contribution in [0.15, 0.2) is 30.3 Å². The van der Waals surface area contributed by atoms with E-state index in [9.17, 15) is 4.57 Å². The lowest BCUT2D eigenvalue weighted by Crippen LogP contribution is -2.11. The van der Waals surface area contributed by atoms with Gasteiger partial charge in [0.25, 0.3) is 0 Å². The Labute approximate surface area is 141 Å². The van der Waals surface area contributed by atoms with Crippen LogP contribution in [-0.2, 0) is 13.6 Å². The Morgan fingerprint density at radius 2 is 1.70 bits per heavy atom. The SMILES string of the molecule is CCCCOP(=O)(OCC(CC)CCCC)Oc1ccccc1. The van der Waals surface area contributed by atoms with Gasteiger partial charge in [-0.1, -0.05) is 64.7 Å². The van der Waals surface area contributed by atoms with Gasteiger partial charge >= 0.3 is 7.82 Å². The minimum absolute atomic E-state index is 0.381. The van der Waals surface area contributed by atoms with Gasteiger partial charge in [-0.2, -0.15) is 0 Å². The standard InChI is InChI=1S/C18H31O4P/c1-4-7-12-17(6-3)16-21-23(19,20-15-8-5-2)22-18-13-10-9-11-14-18/h9-11,13-14,17H,4-8,12,15-16H2,1-3H3. The van der Waals surface area contributed by atoms with Crippen LogP contribution in [0.25, 0.3) is 0 Å². The highest BCUT2D eigenvalue weighted by molar-refractivity contribution is 7.48. The van der Waals surface area contributed by atoms with Gasteiger partial charge in [0.05, 0.1) is 13.2 Å². The maximum Gasteiger partial charge on any atom is 0.530 e. The summed E-state index contributed by atoms with van der Waals surface area (Å²) in [7, 11) is -3.57. The predicted octanol–water partition coefficient (Wildman–Crippen LogP) is 6.22. The molecule has 0 radical (unpaired) electrons. The number of phosphoric acid groups is 1. The van der Waals surface area contributed by atoms with Crippen molar-refractivity contribution in [1.29, 1.82) is 0 Å². The van der Waals surface area contributed by atoms with E-state index in [0.717, 1.165) is 38.5 Å². The number of benzene rings is 1. The summed E-state index contributed by atoms with van der Waals surface area (Å²) in [4.78, 5) is 0. The van der Waals surface area contributed by atoms with Crippen LogP contribution in [0.4, 0.5) is 0 Å². The fourth-order valence-electron chi connectivity index (χ4n) is 2.12. The molecule has 0 aliphatic heterocycles. The molecule has 0 aromatic heterocycles. The summed E-state index contributed by atoms with van der Waals surface area (Å²) >= 11 is 0. The molecular weight excluding hydrogens is 311 g/mol. The van der Waals surface area contributed by atoms with Crippen LogP contribution in [0.1, 0.15) is 59.3 Å². The molecule has 0 saturated heterocycles. The fraction of sp³-hybridized carbons (Fsp3) is 0.667. The first-order valence-corrected chi connectivity index (χ1v) is 10.2. The summed E-state index contributed by atoms with van der Waals surface area (Å²) in [5.74, 6) is 0.895. The smallest absolute Gasteiger partial charge is 0.404 e. The highest BCUT2D eigenvalue weighted by Crippen LogP contribution is 2.50. The van der Waals surface area contributed by atoms with Gasteiger partial charge in [0.15, 0.2) is 0 Å². The monoisotopic (exact) mass is 342 g/mol. The molecule has 0 aliphatic carbocycles. The minimum Gasteiger partial charge on any atom is -0.404 e. The van der Waals surface area contributed by atoms with Crippen molar-refractivity contribution in [2.45, 2.75) is 59.3 Å². The van der Waals surface area contributed by atoms with Gasteiger partial charge in [-0.25, -0.2) is 4.57 Å². The van der Waals surface area contributed by atoms with Crippen molar-refractivity contribution in [1.82, 2.24) is 0 Å². The maximum absolute atomic E-state index is 12.9. The van der Waals surface area contributed by atoms with Crippen LogP contribution in [-0.4, -0.2) is 13.2 Å². The molecule has 23 heavy (non-hydrogen) atoms. The average Bonchev–Trinajstić information content (AvgIpc) is 2.56. The molecule has 0 heterocycles. The van der Waals surface area contributed by atoms with E-state index in [1.54, 1.807) is 12.1 Å². The topological polar surface area (TPSA) is 44.8 Å². The molecule has 0 spiro atoms. The zero-order valence-corrected chi connectivity index (χ0v) is 15.6. The molecule has 2 unspecified atom stereocenters. The minimum atomic E-state index is -3.57. The summed E-state index contributed by atoms with van der Waals surface area (Å²) < 4.78 is 29.6. The third kappa shape index (κ3) is 8.55. The van der Waals surface area contributed by atoms with Crippen LogP contribution >= 0.6 is 7.82 Å². The lowest BCUT2D eigenvalue weighted by atomic mass is 10.0. The highest BCUT2D eigenvalue weighted by Gasteiger charge is 2.29. The van der Waals surface area contributed by atoms with E-state index >= 15 is 0 Å². The summed E-state index contributed by atoms with van der Waals surface area (Å²) in [5, 5.41) is 0. The summed E-state index contributed by atoms with van der Waals surface area (Å²) in [6, 6.07) is 9.07. The second-order valence-corrected chi connectivity index (χ2v) is 7.34. The summed E-state index contributed by atoms with van der Waals surface area (Å²) in [6.45, 7) is 7.15. The normalized spacial score (nSPS) is 15.1. The van der Waals surface area contributed by atoms with Crippen molar-refractivity contribution in [2.24, 2.45) is 5.92 Å². The summed E-state index contributed by atoms with van der Waals surface area (Å²) in [5.41, 5.74) is 0. The van der Waals surface area contributed by atoms with E-state index in [1.807, 2.05) is 18.2 Å². The van der Waals surface area contributed by atoms with Crippen molar-refractivity contribution in [3.05, 3.63) is 30.3 Å². The molecule has 2 atom stereocenters. The zero-order valence-electron chi connectivity index (χ0n) is 14.7. The van der Waals surface area contributed by atoms with E-state index in [2.05, 4.69) is 20.8 Å². The Balaban J connectivity index is 2.64. The largest absolute Gasteiger partial charge is 0.530 e. The maximum atomic E-state index is 12.9. The van der Waals surface area contributed by atoms with Crippen LogP contribution in [0, 0.1) is 5.92 Å². The molecule has 0 saturated carbocycles. The fourth-order valence-corrected chi connectivity index (χ4v) is 3.42. The van der Waals surface area contributed by atoms with Crippen LogP contribution < -0.4 is 4.52 Å². The highest BCUT2D eigenvalue weighted by atomic mass is 31.2. The van der Waals surface area contributed by atoms with Crippen LogP contribution in [0.2, 0.25) is 0 Å². The molecule has 0 amide bonds. The van der Waals surface area contributed by atoms with Crippen LogP contribution in [0.5, 0.6) is 5.75 Å². The first-order valence-electron chi connectivity index (χ1n) is 8.77. The van der Waals surface area contributed by atoms with E-state index < -0.39 is 7.82 Å². The van der Waals surface area contributed by atoms with Gasteiger partial charge in [-0.15, -0.1) is 0 Å². The molecule has 0 fully saturated rings. The third-order valence-corrected chi connectivity index (χ3v) is 5.12. The molecule has 5 heteroatoms. The van der Waals surface area contributed by atoms with Crippen molar-refractivity contribution in [3.63, 3.8) is 0 Å². The summed E-state index contributed by atoms with van der Waals surface area (Å²) in [6.07, 6.45) is 6.19. The number of rotatable bonds is 13. The van der Waals surface area contributed by atoms with Crippen LogP contribution in [0.3, 0.4) is 0 Å². The van der Waals surface area contributed by atoms with Gasteiger partial charge in [-0.05, 0) is 30.9 Å². The molecule has 1 aromatic rings. The number of phosphoric ester groups is 1. The first-order chi connectivity index (χ1) is 11.1. The first kappa shape index (κ1) is 20.2. The third-order valence-electron chi connectivity index (χ3n) is 3.72. The number of unbranched alkanes of at least 4 members (excludes halogenated alkanes) is 2. The molecular formula is C18H31O4P. The van der Waals surface area contributed by atoms with Crippen molar-refractivity contribution in [2.75, 3.05) is 13.2 Å². The van der Waals surface area contributed by atoms with Gasteiger partial charge < -0.3 is 4.52 Å². The van der Waals surface area contributed by atoms with E-state index in [1.165, 1.54) is 0 Å². The van der Waals surface area contributed by atoms with E-state index in [-0.39, 0.29) is 0 Å². The molecule has 0 N–H and O–H groups in total. The average molecular weight is 342 g/mol. The van der Waals surface area contributed by atoms with E-state index in [0.29, 0.717) is 24.9 Å². The Hall–Kier alpha value is -0.830. The molecule has 0 aliphatic rings. The molecule has 1 aromatic carbocycles. The quantitative estimate of drug-likeness (QED) is 0.315. The predicted molar refractivity (Wildman–Crippen MR) is 94.8 cm³/mol. The Bertz CT molecular complexity index is 450. The Morgan fingerprint density at radius 1 is 1.00 bits per heavy atom. The molecule has 132 valence electrons. The van der Waals surface area contributed by atoms with E-state index in [4.69, 9.17) is 13.6 Å². The Morgan fingerprint density at radius 3 is 2.30 bits per heavy atom. The van der Waals surface area contributed by atoms with Gasteiger partial charge in [0.1, 0.15) is 5.75 Å². The second-order valence-electron chi connectivity index (χ2n) is 5.75. The van der Waals surface area contributed by atoms with Crippen molar-refractivity contribution < 1.29 is 18.1 Å². The van der Waals surface area contributed by atoms with Crippen molar-refractivity contribution >= 4 is 7.82 Å². The van der Waals surface area contributed by atoms with Crippen molar-refractivity contribution in [3.8, 4) is 5.75 Å². The zero-order chi connectivity index (χ0) is 17.0. The number of hydrogen-bond donors (Lipinski definition) is 0. The number of para-hydroxylation sites is 1. The van der Waals surface area contributed by atoms with Gasteiger partial charge in [0, 0.05) is 0 Å².